The van der Waals surface area contributed by atoms with E-state index < -0.39 is 20.7 Å². The number of ether oxygens (including phenoxy) is 2. The number of hydrogen-bond donors (Lipinski definition) is 0. The number of hydrogen-bond acceptors (Lipinski definition) is 5. The Kier molecular flexibility index (Phi) is 7.59. The first-order chi connectivity index (χ1) is 16.0. The molecule has 6 heteroatoms. The van der Waals surface area contributed by atoms with Crippen molar-refractivity contribution in [2.45, 2.75) is 35.9 Å². The molecular weight excluding hydrogens is 452 g/mol. The van der Waals surface area contributed by atoms with E-state index in [1.54, 1.807) is 23.9 Å². The molecule has 1 saturated carbocycles. The van der Waals surface area contributed by atoms with Gasteiger partial charge in [-0.2, -0.15) is 11.8 Å². The molecule has 0 radical (unpaired) electrons. The zero-order valence-corrected chi connectivity index (χ0v) is 20.6. The predicted molar refractivity (Wildman–Crippen MR) is 134 cm³/mol. The fraction of sp³-hybridized carbons (Fsp3) is 0.333. The van der Waals surface area contributed by atoms with Crippen molar-refractivity contribution in [2.24, 2.45) is 5.92 Å². The van der Waals surface area contributed by atoms with Gasteiger partial charge in [0.1, 0.15) is 4.75 Å². The van der Waals surface area contributed by atoms with E-state index in [1.807, 2.05) is 86.0 Å². The molecule has 0 aliphatic heterocycles. The molecule has 4 nitrogen and oxygen atoms in total. The maximum Gasteiger partial charge on any atom is 0.187 e. The normalized spacial score (nSPS) is 22.2. The molecule has 3 atom stereocenters. The number of benzene rings is 3. The van der Waals surface area contributed by atoms with Gasteiger partial charge >= 0.3 is 0 Å². The number of rotatable bonds is 11. The second-order valence-electron chi connectivity index (χ2n) is 8.53. The minimum absolute atomic E-state index is 0.233. The van der Waals surface area contributed by atoms with Gasteiger partial charge in [0.15, 0.2) is 9.84 Å². The van der Waals surface area contributed by atoms with Crippen LogP contribution in [0.3, 0.4) is 0 Å². The third kappa shape index (κ3) is 5.04. The Balaban J connectivity index is 1.58. The van der Waals surface area contributed by atoms with Crippen LogP contribution < -0.4 is 0 Å². The summed E-state index contributed by atoms with van der Waals surface area (Å²) in [5, 5.41) is 0. The lowest BCUT2D eigenvalue weighted by Crippen LogP contribution is -2.33. The summed E-state index contributed by atoms with van der Waals surface area (Å²) in [6.45, 7) is 3.11. The Hall–Kier alpha value is -2.12. The predicted octanol–water partition coefficient (Wildman–Crippen LogP) is 5.30. The van der Waals surface area contributed by atoms with E-state index in [0.717, 1.165) is 16.7 Å². The second-order valence-corrected chi connectivity index (χ2v) is 11.6. The van der Waals surface area contributed by atoms with Crippen LogP contribution in [0.25, 0.3) is 0 Å². The van der Waals surface area contributed by atoms with E-state index in [2.05, 4.69) is 0 Å². The molecule has 1 fully saturated rings. The highest BCUT2D eigenvalue weighted by Gasteiger charge is 2.73. The van der Waals surface area contributed by atoms with Gasteiger partial charge in [0.2, 0.25) is 0 Å². The van der Waals surface area contributed by atoms with Crippen LogP contribution in [0.4, 0.5) is 0 Å². The molecule has 0 amide bonds. The summed E-state index contributed by atoms with van der Waals surface area (Å²) in [7, 11) is -3.63. The van der Waals surface area contributed by atoms with E-state index in [-0.39, 0.29) is 5.92 Å². The number of aryl methyl sites for hydroxylation is 1. The van der Waals surface area contributed by atoms with Crippen LogP contribution in [-0.2, 0) is 32.5 Å². The SMILES string of the molecule is CSC[C@]1(S(=O)(=O)c2ccc(C)cc2)[C@H](OCc2ccccc2)[C@@H]1COCc1ccccc1. The highest BCUT2D eigenvalue weighted by atomic mass is 32.2. The topological polar surface area (TPSA) is 52.6 Å². The van der Waals surface area contributed by atoms with E-state index in [1.165, 1.54) is 0 Å². The average Bonchev–Trinajstić information content (AvgIpc) is 3.46. The van der Waals surface area contributed by atoms with Gasteiger partial charge in [-0.05, 0) is 36.4 Å². The smallest absolute Gasteiger partial charge is 0.187 e. The summed E-state index contributed by atoms with van der Waals surface area (Å²) in [5.41, 5.74) is 3.12. The van der Waals surface area contributed by atoms with Crippen molar-refractivity contribution in [3.8, 4) is 0 Å². The minimum Gasteiger partial charge on any atom is -0.376 e. The number of sulfone groups is 1. The van der Waals surface area contributed by atoms with Crippen LogP contribution >= 0.6 is 11.8 Å². The first-order valence-electron chi connectivity index (χ1n) is 11.1. The van der Waals surface area contributed by atoms with Gasteiger partial charge in [0.05, 0.1) is 30.8 Å². The van der Waals surface area contributed by atoms with Gasteiger partial charge < -0.3 is 9.47 Å². The van der Waals surface area contributed by atoms with Crippen LogP contribution in [-0.4, -0.2) is 37.9 Å². The van der Waals surface area contributed by atoms with Crippen LogP contribution in [0.1, 0.15) is 16.7 Å². The summed E-state index contributed by atoms with van der Waals surface area (Å²) in [6.07, 6.45) is 1.52. The van der Waals surface area contributed by atoms with Crippen LogP contribution in [0, 0.1) is 12.8 Å². The monoisotopic (exact) mass is 482 g/mol. The van der Waals surface area contributed by atoms with E-state index in [4.69, 9.17) is 9.47 Å². The van der Waals surface area contributed by atoms with Crippen molar-refractivity contribution < 1.29 is 17.9 Å². The Morgan fingerprint density at radius 1 is 0.848 bits per heavy atom. The van der Waals surface area contributed by atoms with Gasteiger partial charge in [0, 0.05) is 11.7 Å². The number of thioether (sulfide) groups is 1. The summed E-state index contributed by atoms with van der Waals surface area (Å²) in [6, 6.07) is 26.9. The average molecular weight is 483 g/mol. The Labute approximate surface area is 201 Å². The molecule has 0 saturated heterocycles. The fourth-order valence-corrected chi connectivity index (χ4v) is 8.16. The largest absolute Gasteiger partial charge is 0.376 e. The quantitative estimate of drug-likeness (QED) is 0.371. The first-order valence-corrected chi connectivity index (χ1v) is 13.9. The molecule has 1 aliphatic rings. The summed E-state index contributed by atoms with van der Waals surface area (Å²) in [5.74, 6) is 0.228. The molecular formula is C27H30O4S2. The van der Waals surface area contributed by atoms with Crippen molar-refractivity contribution >= 4 is 21.6 Å². The summed E-state index contributed by atoms with van der Waals surface area (Å²) in [4.78, 5) is 0.348. The highest BCUT2D eigenvalue weighted by molar-refractivity contribution is 8.00. The van der Waals surface area contributed by atoms with Crippen molar-refractivity contribution in [1.82, 2.24) is 0 Å². The standard InChI is InChI=1S/C27H30O4S2/c1-21-13-15-24(16-14-21)33(28,29)27(20-32-2)25(19-30-17-22-9-5-3-6-10-22)26(27)31-18-23-11-7-4-8-12-23/h3-16,25-26H,17-20H2,1-2H3/t25-,26+,27+/m0/s1. The summed E-state index contributed by atoms with van der Waals surface area (Å²) < 4.78 is 39.2. The molecule has 0 spiro atoms. The third-order valence-corrected chi connectivity index (χ3v) is 9.77. The minimum atomic E-state index is -3.63. The lowest BCUT2D eigenvalue weighted by molar-refractivity contribution is 0.0609. The van der Waals surface area contributed by atoms with Gasteiger partial charge in [-0.25, -0.2) is 8.42 Å². The Bertz CT molecular complexity index is 1130. The van der Waals surface area contributed by atoms with Crippen molar-refractivity contribution in [3.05, 3.63) is 102 Å². The van der Waals surface area contributed by atoms with Crippen LogP contribution in [0.15, 0.2) is 89.8 Å². The van der Waals surface area contributed by atoms with Crippen molar-refractivity contribution in [3.63, 3.8) is 0 Å². The molecule has 0 aromatic heterocycles. The van der Waals surface area contributed by atoms with Gasteiger partial charge in [-0.1, -0.05) is 78.4 Å². The maximum atomic E-state index is 13.9. The molecule has 0 bridgehead atoms. The Morgan fingerprint density at radius 3 is 2.00 bits per heavy atom. The summed E-state index contributed by atoms with van der Waals surface area (Å²) >= 11 is 1.54. The zero-order valence-electron chi connectivity index (χ0n) is 19.0. The zero-order chi connectivity index (χ0) is 23.3. The second kappa shape index (κ2) is 10.4. The molecule has 174 valence electrons. The van der Waals surface area contributed by atoms with E-state index in [0.29, 0.717) is 30.5 Å². The molecule has 1 aliphatic carbocycles. The molecule has 3 aromatic carbocycles. The van der Waals surface area contributed by atoms with Crippen molar-refractivity contribution in [2.75, 3.05) is 18.6 Å². The Morgan fingerprint density at radius 2 is 1.42 bits per heavy atom. The molecule has 0 unspecified atom stereocenters. The molecule has 33 heavy (non-hydrogen) atoms. The molecule has 3 aromatic rings. The molecule has 0 N–H and O–H groups in total. The maximum absolute atomic E-state index is 13.9. The van der Waals surface area contributed by atoms with E-state index in [9.17, 15) is 8.42 Å². The molecule has 0 heterocycles. The lowest BCUT2D eigenvalue weighted by atomic mass is 10.2. The van der Waals surface area contributed by atoms with Crippen LogP contribution in [0.5, 0.6) is 0 Å². The highest BCUT2D eigenvalue weighted by Crippen LogP contribution is 2.56. The van der Waals surface area contributed by atoms with Crippen molar-refractivity contribution in [1.29, 1.82) is 0 Å². The molecule has 4 rings (SSSR count). The first kappa shape index (κ1) is 24.0. The van der Waals surface area contributed by atoms with Gasteiger partial charge in [-0.15, -0.1) is 0 Å². The van der Waals surface area contributed by atoms with Gasteiger partial charge in [-0.3, -0.25) is 0 Å². The fourth-order valence-electron chi connectivity index (χ4n) is 4.36. The lowest BCUT2D eigenvalue weighted by Gasteiger charge is -2.19. The van der Waals surface area contributed by atoms with E-state index >= 15 is 0 Å². The third-order valence-electron chi connectivity index (χ3n) is 6.25. The van der Waals surface area contributed by atoms with Gasteiger partial charge in [0.25, 0.3) is 0 Å². The van der Waals surface area contributed by atoms with Crippen LogP contribution in [0.2, 0.25) is 0 Å².